The van der Waals surface area contributed by atoms with Crippen LogP contribution in [0.3, 0.4) is 0 Å². The average Bonchev–Trinajstić information content (AvgIpc) is 3.40. The number of halogens is 2. The molecule has 0 aliphatic carbocycles. The summed E-state index contributed by atoms with van der Waals surface area (Å²) in [5.74, 6) is 0.894. The van der Waals surface area contributed by atoms with Gasteiger partial charge in [0.05, 0.1) is 18.0 Å². The van der Waals surface area contributed by atoms with Crippen molar-refractivity contribution in [3.05, 3.63) is 36.0 Å². The molecule has 2 fully saturated rings. The van der Waals surface area contributed by atoms with Gasteiger partial charge in [0.2, 0.25) is 5.91 Å². The number of aromatic nitrogens is 1. The normalized spacial score (nSPS) is 20.6. The number of fused-ring (bicyclic) bond motifs is 1. The fourth-order valence-electron chi connectivity index (χ4n) is 4.36. The topological polar surface area (TPSA) is 59.6 Å². The van der Waals surface area contributed by atoms with Crippen molar-refractivity contribution in [3.8, 4) is 0 Å². The number of aromatic amines is 1. The Morgan fingerprint density at radius 3 is 2.73 bits per heavy atom. The van der Waals surface area contributed by atoms with Crippen molar-refractivity contribution in [2.45, 2.75) is 31.4 Å². The van der Waals surface area contributed by atoms with E-state index in [9.17, 15) is 18.4 Å². The van der Waals surface area contributed by atoms with Crippen molar-refractivity contribution >= 4 is 34.5 Å². The third kappa shape index (κ3) is 4.18. The highest BCUT2D eigenvalue weighted by Crippen LogP contribution is 2.28. The Bertz CT molecular complexity index is 913. The van der Waals surface area contributed by atoms with Crippen molar-refractivity contribution in [1.29, 1.82) is 0 Å². The number of H-pyrrole nitrogens is 1. The SMILES string of the molecule is CN(CC(F)F)C1CCN(C(=O)[C@H]2CSCN2C(=O)c2c[nH]c3ccccc23)CC1. The van der Waals surface area contributed by atoms with Gasteiger partial charge in [-0.05, 0) is 26.0 Å². The monoisotopic (exact) mass is 436 g/mol. The molecule has 1 aromatic heterocycles. The van der Waals surface area contributed by atoms with Gasteiger partial charge in [0, 0.05) is 42.0 Å². The summed E-state index contributed by atoms with van der Waals surface area (Å²) in [6, 6.07) is 7.20. The van der Waals surface area contributed by atoms with Gasteiger partial charge in [0.1, 0.15) is 6.04 Å². The summed E-state index contributed by atoms with van der Waals surface area (Å²) in [5.41, 5.74) is 1.48. The maximum absolute atomic E-state index is 13.2. The van der Waals surface area contributed by atoms with Crippen LogP contribution < -0.4 is 0 Å². The standard InChI is InChI=1S/C21H26F2N4O2S/c1-25(11-19(22)23)14-6-8-26(9-7-14)21(29)18-12-30-13-27(18)20(28)16-10-24-17-5-3-2-4-15(16)17/h2-5,10,14,18-19,24H,6-9,11-13H2,1H3/t18-/m1/s1. The highest BCUT2D eigenvalue weighted by Gasteiger charge is 2.39. The number of likely N-dealkylation sites (tertiary alicyclic amines) is 1. The van der Waals surface area contributed by atoms with Crippen molar-refractivity contribution in [2.24, 2.45) is 0 Å². The number of nitrogens with one attached hydrogen (secondary N) is 1. The fourth-order valence-corrected chi connectivity index (χ4v) is 5.50. The molecule has 2 amide bonds. The van der Waals surface area contributed by atoms with Crippen molar-refractivity contribution in [3.63, 3.8) is 0 Å². The average molecular weight is 437 g/mol. The Morgan fingerprint density at radius 2 is 2.00 bits per heavy atom. The summed E-state index contributed by atoms with van der Waals surface area (Å²) >= 11 is 1.58. The molecule has 9 heteroatoms. The Balaban J connectivity index is 1.41. The molecule has 2 aliphatic rings. The van der Waals surface area contributed by atoms with Crippen LogP contribution in [0.4, 0.5) is 8.78 Å². The first kappa shape index (κ1) is 21.1. The van der Waals surface area contributed by atoms with Gasteiger partial charge in [-0.15, -0.1) is 11.8 Å². The number of piperidine rings is 1. The number of nitrogens with zero attached hydrogens (tertiary/aromatic N) is 3. The lowest BCUT2D eigenvalue weighted by Gasteiger charge is -2.38. The maximum Gasteiger partial charge on any atom is 0.257 e. The number of hydrogen-bond donors (Lipinski definition) is 1. The van der Waals surface area contributed by atoms with Crippen molar-refractivity contribution in [1.82, 2.24) is 19.7 Å². The summed E-state index contributed by atoms with van der Waals surface area (Å²) in [6.45, 7) is 0.825. The number of para-hydroxylation sites is 1. The van der Waals surface area contributed by atoms with E-state index >= 15 is 0 Å². The molecule has 2 aromatic rings. The molecule has 1 atom stereocenters. The summed E-state index contributed by atoms with van der Waals surface area (Å²) in [4.78, 5) is 34.6. The maximum atomic E-state index is 13.2. The largest absolute Gasteiger partial charge is 0.360 e. The number of hydrogen-bond acceptors (Lipinski definition) is 4. The predicted molar refractivity (Wildman–Crippen MR) is 114 cm³/mol. The first-order chi connectivity index (χ1) is 14.5. The van der Waals surface area contributed by atoms with Gasteiger partial charge in [-0.3, -0.25) is 14.5 Å². The van der Waals surface area contributed by atoms with Crippen LogP contribution in [0, 0.1) is 0 Å². The molecule has 2 aliphatic heterocycles. The van der Waals surface area contributed by atoms with Crippen LogP contribution in [0.1, 0.15) is 23.2 Å². The molecule has 0 unspecified atom stereocenters. The Kier molecular flexibility index (Phi) is 6.29. The van der Waals surface area contributed by atoms with Gasteiger partial charge in [0.15, 0.2) is 0 Å². The summed E-state index contributed by atoms with van der Waals surface area (Å²) in [5, 5.41) is 0.855. The van der Waals surface area contributed by atoms with E-state index in [1.54, 1.807) is 39.7 Å². The first-order valence-corrected chi connectivity index (χ1v) is 11.3. The molecule has 162 valence electrons. The molecular weight excluding hydrogens is 410 g/mol. The van der Waals surface area contributed by atoms with E-state index in [2.05, 4.69) is 4.98 Å². The van der Waals surface area contributed by atoms with Crippen molar-refractivity contribution < 1.29 is 18.4 Å². The number of thioether (sulfide) groups is 1. The summed E-state index contributed by atoms with van der Waals surface area (Å²) in [6.07, 6.45) is 0.701. The minimum absolute atomic E-state index is 0.0387. The van der Waals surface area contributed by atoms with Crippen LogP contribution in [-0.2, 0) is 4.79 Å². The molecule has 3 heterocycles. The molecule has 0 saturated carbocycles. The zero-order valence-corrected chi connectivity index (χ0v) is 17.7. The molecule has 6 nitrogen and oxygen atoms in total. The van der Waals surface area contributed by atoms with Gasteiger partial charge in [-0.1, -0.05) is 18.2 Å². The number of rotatable bonds is 5. The lowest BCUT2D eigenvalue weighted by atomic mass is 10.0. The van der Waals surface area contributed by atoms with Gasteiger partial charge < -0.3 is 14.8 Å². The number of carbonyl (C=O) groups is 2. The second-order valence-electron chi connectivity index (χ2n) is 7.93. The molecule has 30 heavy (non-hydrogen) atoms. The fraction of sp³-hybridized carbons (Fsp3) is 0.524. The Morgan fingerprint density at radius 1 is 1.27 bits per heavy atom. The molecule has 1 aromatic carbocycles. The smallest absolute Gasteiger partial charge is 0.257 e. The van der Waals surface area contributed by atoms with Gasteiger partial charge in [0.25, 0.3) is 12.3 Å². The molecule has 0 bridgehead atoms. The minimum Gasteiger partial charge on any atom is -0.360 e. The molecular formula is C21H26F2N4O2S. The highest BCUT2D eigenvalue weighted by molar-refractivity contribution is 7.99. The van der Waals surface area contributed by atoms with Gasteiger partial charge in [-0.25, -0.2) is 8.78 Å². The van der Waals surface area contributed by atoms with E-state index in [0.29, 0.717) is 43.1 Å². The second-order valence-corrected chi connectivity index (χ2v) is 8.93. The van der Waals surface area contributed by atoms with E-state index in [1.807, 2.05) is 24.3 Å². The lowest BCUT2D eigenvalue weighted by molar-refractivity contribution is -0.136. The first-order valence-electron chi connectivity index (χ1n) is 10.2. The summed E-state index contributed by atoms with van der Waals surface area (Å²) in [7, 11) is 1.71. The zero-order valence-electron chi connectivity index (χ0n) is 16.9. The van der Waals surface area contributed by atoms with Crippen LogP contribution in [0.25, 0.3) is 10.9 Å². The van der Waals surface area contributed by atoms with E-state index in [-0.39, 0.29) is 24.4 Å². The lowest BCUT2D eigenvalue weighted by Crippen LogP contribution is -2.53. The van der Waals surface area contributed by atoms with Gasteiger partial charge >= 0.3 is 0 Å². The molecule has 1 N–H and O–H groups in total. The van der Waals surface area contributed by atoms with Crippen molar-refractivity contribution in [2.75, 3.05) is 38.3 Å². The van der Waals surface area contributed by atoms with E-state index in [4.69, 9.17) is 0 Å². The number of carbonyl (C=O) groups excluding carboxylic acids is 2. The van der Waals surface area contributed by atoms with E-state index in [1.165, 1.54) is 0 Å². The quantitative estimate of drug-likeness (QED) is 0.783. The number of benzene rings is 1. The Hall–Kier alpha value is -2.13. The Labute approximate surface area is 178 Å². The van der Waals surface area contributed by atoms with Crippen LogP contribution in [0.2, 0.25) is 0 Å². The zero-order chi connectivity index (χ0) is 21.3. The van der Waals surface area contributed by atoms with Crippen LogP contribution in [0.15, 0.2) is 30.5 Å². The summed E-state index contributed by atoms with van der Waals surface area (Å²) < 4.78 is 25.3. The second kappa shape index (κ2) is 8.93. The third-order valence-corrected chi connectivity index (χ3v) is 7.09. The predicted octanol–water partition coefficient (Wildman–Crippen LogP) is 2.87. The minimum atomic E-state index is -2.35. The van der Waals surface area contributed by atoms with E-state index < -0.39 is 12.5 Å². The molecule has 2 saturated heterocycles. The molecule has 4 rings (SSSR count). The van der Waals surface area contributed by atoms with Gasteiger partial charge in [-0.2, -0.15) is 0 Å². The van der Waals surface area contributed by atoms with Crippen LogP contribution in [0.5, 0.6) is 0 Å². The molecule has 0 spiro atoms. The van der Waals surface area contributed by atoms with Crippen LogP contribution in [-0.4, -0.2) is 88.3 Å². The molecule has 0 radical (unpaired) electrons. The van der Waals surface area contributed by atoms with E-state index in [0.717, 1.165) is 10.9 Å². The number of amides is 2. The third-order valence-electron chi connectivity index (χ3n) is 6.07. The highest BCUT2D eigenvalue weighted by atomic mass is 32.2. The number of alkyl halides is 2. The van der Waals surface area contributed by atoms with Crippen LogP contribution >= 0.6 is 11.8 Å².